The summed E-state index contributed by atoms with van der Waals surface area (Å²) < 4.78 is 1.15. The number of nitrogens with one attached hydrogen (secondary N) is 1. The van der Waals surface area contributed by atoms with Gasteiger partial charge in [-0.05, 0) is 77.9 Å². The van der Waals surface area contributed by atoms with Crippen molar-refractivity contribution in [3.05, 3.63) is 56.7 Å². The lowest BCUT2D eigenvalue weighted by molar-refractivity contribution is 0.102. The highest BCUT2D eigenvalue weighted by Gasteiger charge is 2.11. The Morgan fingerprint density at radius 2 is 1.95 bits per heavy atom. The Hall–Kier alpha value is -1.56. The molecule has 0 heterocycles. The first-order chi connectivity index (χ1) is 8.99. The average Bonchev–Trinajstić information content (AvgIpc) is 2.36. The summed E-state index contributed by atoms with van der Waals surface area (Å²) in [5.74, 6) is -0.130. The van der Waals surface area contributed by atoms with Gasteiger partial charge in [-0.2, -0.15) is 0 Å². The predicted octanol–water partition coefficient (Wildman–Crippen LogP) is 3.74. The van der Waals surface area contributed by atoms with Crippen molar-refractivity contribution in [3.63, 3.8) is 0 Å². The lowest BCUT2D eigenvalue weighted by Gasteiger charge is -2.11. The molecule has 0 fully saturated rings. The van der Waals surface area contributed by atoms with E-state index in [1.807, 2.05) is 32.0 Å². The summed E-state index contributed by atoms with van der Waals surface area (Å²) in [5.41, 5.74) is 9.74. The number of carbonyl (C=O) groups excluding carboxylic acids is 1. The fourth-order valence-electron chi connectivity index (χ4n) is 1.86. The van der Waals surface area contributed by atoms with Crippen LogP contribution >= 0.6 is 22.6 Å². The Bertz CT molecular complexity index is 638. The van der Waals surface area contributed by atoms with Gasteiger partial charge >= 0.3 is 0 Å². The topological polar surface area (TPSA) is 55.1 Å². The Labute approximate surface area is 126 Å². The monoisotopic (exact) mass is 366 g/mol. The normalized spacial score (nSPS) is 10.3. The third-order valence-electron chi connectivity index (χ3n) is 3.06. The van der Waals surface area contributed by atoms with Crippen molar-refractivity contribution in [2.45, 2.75) is 13.8 Å². The van der Waals surface area contributed by atoms with Gasteiger partial charge in [0, 0.05) is 20.5 Å². The highest BCUT2D eigenvalue weighted by atomic mass is 127. The van der Waals surface area contributed by atoms with Gasteiger partial charge in [-0.1, -0.05) is 6.07 Å². The SMILES string of the molecule is Cc1cc(I)ccc1NC(=O)c1cccc(N)c1C. The first kappa shape index (κ1) is 13.9. The molecule has 0 spiro atoms. The molecule has 2 aromatic rings. The molecule has 0 saturated carbocycles. The number of benzene rings is 2. The van der Waals surface area contributed by atoms with Gasteiger partial charge in [0.25, 0.3) is 5.91 Å². The van der Waals surface area contributed by atoms with Crippen molar-refractivity contribution in [2.24, 2.45) is 0 Å². The number of aryl methyl sites for hydroxylation is 1. The molecule has 0 aromatic heterocycles. The maximum absolute atomic E-state index is 12.3. The van der Waals surface area contributed by atoms with Crippen LogP contribution in [-0.2, 0) is 0 Å². The van der Waals surface area contributed by atoms with E-state index in [4.69, 9.17) is 5.73 Å². The molecule has 0 saturated heterocycles. The van der Waals surface area contributed by atoms with E-state index in [2.05, 4.69) is 27.9 Å². The number of nitrogens with two attached hydrogens (primary N) is 1. The van der Waals surface area contributed by atoms with Crippen LogP contribution in [0.15, 0.2) is 36.4 Å². The first-order valence-corrected chi connectivity index (χ1v) is 6.99. The van der Waals surface area contributed by atoms with E-state index < -0.39 is 0 Å². The van der Waals surface area contributed by atoms with Gasteiger partial charge < -0.3 is 11.1 Å². The molecule has 0 radical (unpaired) electrons. The zero-order valence-electron chi connectivity index (χ0n) is 10.8. The van der Waals surface area contributed by atoms with Gasteiger partial charge in [0.05, 0.1) is 0 Å². The Morgan fingerprint density at radius 3 is 2.63 bits per heavy atom. The summed E-state index contributed by atoms with van der Waals surface area (Å²) in [6, 6.07) is 11.3. The molecular formula is C15H15IN2O. The molecule has 98 valence electrons. The largest absolute Gasteiger partial charge is 0.398 e. The van der Waals surface area contributed by atoms with Gasteiger partial charge in [-0.25, -0.2) is 0 Å². The van der Waals surface area contributed by atoms with Crippen LogP contribution in [0, 0.1) is 17.4 Å². The molecular weight excluding hydrogens is 351 g/mol. The number of halogens is 1. The smallest absolute Gasteiger partial charge is 0.256 e. The molecule has 3 nitrogen and oxygen atoms in total. The van der Waals surface area contributed by atoms with E-state index in [-0.39, 0.29) is 5.91 Å². The van der Waals surface area contributed by atoms with Crippen LogP contribution in [0.1, 0.15) is 21.5 Å². The molecule has 0 atom stereocenters. The van der Waals surface area contributed by atoms with E-state index in [1.54, 1.807) is 18.2 Å². The number of amides is 1. The minimum Gasteiger partial charge on any atom is -0.398 e. The van der Waals surface area contributed by atoms with Crippen LogP contribution in [0.4, 0.5) is 11.4 Å². The van der Waals surface area contributed by atoms with Crippen molar-refractivity contribution >= 4 is 39.9 Å². The van der Waals surface area contributed by atoms with Crippen LogP contribution in [0.3, 0.4) is 0 Å². The third-order valence-corrected chi connectivity index (χ3v) is 3.73. The molecule has 4 heteroatoms. The Balaban J connectivity index is 2.28. The molecule has 0 aliphatic heterocycles. The average molecular weight is 366 g/mol. The summed E-state index contributed by atoms with van der Waals surface area (Å²) in [7, 11) is 0. The molecule has 2 aromatic carbocycles. The Kier molecular flexibility index (Phi) is 4.09. The summed E-state index contributed by atoms with van der Waals surface area (Å²) in [6.07, 6.45) is 0. The van der Waals surface area contributed by atoms with Gasteiger partial charge in [-0.15, -0.1) is 0 Å². The van der Waals surface area contributed by atoms with Gasteiger partial charge in [0.2, 0.25) is 0 Å². The van der Waals surface area contributed by atoms with Crippen LogP contribution in [0.25, 0.3) is 0 Å². The van der Waals surface area contributed by atoms with Crippen molar-refractivity contribution in [1.29, 1.82) is 0 Å². The lowest BCUT2D eigenvalue weighted by atomic mass is 10.1. The minimum atomic E-state index is -0.130. The minimum absolute atomic E-state index is 0.130. The summed E-state index contributed by atoms with van der Waals surface area (Å²) >= 11 is 2.25. The summed E-state index contributed by atoms with van der Waals surface area (Å²) in [6.45, 7) is 3.83. The van der Waals surface area contributed by atoms with Gasteiger partial charge in [-0.3, -0.25) is 4.79 Å². The predicted molar refractivity (Wildman–Crippen MR) is 87.4 cm³/mol. The number of rotatable bonds is 2. The van der Waals surface area contributed by atoms with Crippen molar-refractivity contribution in [1.82, 2.24) is 0 Å². The van der Waals surface area contributed by atoms with Crippen LogP contribution < -0.4 is 11.1 Å². The number of hydrogen-bond donors (Lipinski definition) is 2. The second-order valence-corrected chi connectivity index (χ2v) is 5.68. The zero-order valence-corrected chi connectivity index (χ0v) is 13.0. The van der Waals surface area contributed by atoms with E-state index >= 15 is 0 Å². The van der Waals surface area contributed by atoms with Gasteiger partial charge in [0.1, 0.15) is 0 Å². The van der Waals surface area contributed by atoms with E-state index in [0.29, 0.717) is 11.3 Å². The van der Waals surface area contributed by atoms with Crippen LogP contribution in [-0.4, -0.2) is 5.91 Å². The summed E-state index contributed by atoms with van der Waals surface area (Å²) in [5, 5.41) is 2.92. The zero-order chi connectivity index (χ0) is 14.0. The number of anilines is 2. The molecule has 0 unspecified atom stereocenters. The van der Waals surface area contributed by atoms with Crippen LogP contribution in [0.2, 0.25) is 0 Å². The molecule has 0 aliphatic carbocycles. The van der Waals surface area contributed by atoms with Crippen molar-refractivity contribution in [2.75, 3.05) is 11.1 Å². The van der Waals surface area contributed by atoms with Crippen LogP contribution in [0.5, 0.6) is 0 Å². The van der Waals surface area contributed by atoms with Gasteiger partial charge in [0.15, 0.2) is 0 Å². The molecule has 2 rings (SSSR count). The number of carbonyl (C=O) groups is 1. The van der Waals surface area contributed by atoms with Crippen molar-refractivity contribution < 1.29 is 4.79 Å². The maximum atomic E-state index is 12.3. The summed E-state index contributed by atoms with van der Waals surface area (Å²) in [4.78, 5) is 12.3. The highest BCUT2D eigenvalue weighted by Crippen LogP contribution is 2.21. The lowest BCUT2D eigenvalue weighted by Crippen LogP contribution is -2.14. The quantitative estimate of drug-likeness (QED) is 0.629. The standard InChI is InChI=1S/C15H15IN2O/c1-9-8-11(16)6-7-14(9)18-15(19)12-4-3-5-13(17)10(12)2/h3-8H,17H2,1-2H3,(H,18,19). The second-order valence-electron chi connectivity index (χ2n) is 4.43. The molecule has 0 bridgehead atoms. The third kappa shape index (κ3) is 3.07. The highest BCUT2D eigenvalue weighted by molar-refractivity contribution is 14.1. The van der Waals surface area contributed by atoms with E-state index in [1.165, 1.54) is 0 Å². The fourth-order valence-corrected chi connectivity index (χ4v) is 2.50. The molecule has 1 amide bonds. The number of hydrogen-bond acceptors (Lipinski definition) is 2. The maximum Gasteiger partial charge on any atom is 0.256 e. The Morgan fingerprint density at radius 1 is 1.21 bits per heavy atom. The molecule has 19 heavy (non-hydrogen) atoms. The first-order valence-electron chi connectivity index (χ1n) is 5.91. The fraction of sp³-hybridized carbons (Fsp3) is 0.133. The molecule has 0 aliphatic rings. The van der Waals surface area contributed by atoms with E-state index in [9.17, 15) is 4.79 Å². The molecule has 3 N–H and O–H groups in total. The van der Waals surface area contributed by atoms with E-state index in [0.717, 1.165) is 20.4 Å². The number of nitrogen functional groups attached to an aromatic ring is 1. The second kappa shape index (κ2) is 5.61. The van der Waals surface area contributed by atoms with Crippen molar-refractivity contribution in [3.8, 4) is 0 Å².